The molecule has 0 atom stereocenters. The molecule has 0 saturated carbocycles. The number of rotatable bonds is 15. The van der Waals surface area contributed by atoms with Gasteiger partial charge in [-0.1, -0.05) is 32.1 Å². The van der Waals surface area contributed by atoms with Gasteiger partial charge in [0.25, 0.3) is 5.91 Å². The van der Waals surface area contributed by atoms with Gasteiger partial charge in [-0.3, -0.25) is 9.59 Å². The summed E-state index contributed by atoms with van der Waals surface area (Å²) in [4.78, 5) is 25.7. The van der Waals surface area contributed by atoms with Gasteiger partial charge in [-0.15, -0.1) is 0 Å². The molecule has 0 aliphatic rings. The zero-order chi connectivity index (χ0) is 22.5. The largest absolute Gasteiger partial charge is 0.352 e. The van der Waals surface area contributed by atoms with Crippen molar-refractivity contribution in [3.8, 4) is 0 Å². The van der Waals surface area contributed by atoms with Crippen LogP contribution >= 0.6 is 90.4 Å². The number of hydrogen-bond acceptors (Lipinski definition) is 4. The predicted molar refractivity (Wildman–Crippen MR) is 158 cm³/mol. The number of hydrogen-bond donors (Lipinski definition) is 3. The van der Waals surface area contributed by atoms with Gasteiger partial charge in [-0.05, 0) is 129 Å². The number of Topliss-reactive ketones (excluding diaryl/α,β-unsaturated/α-hetero) is 1. The summed E-state index contributed by atoms with van der Waals surface area (Å²) in [6.07, 6.45) is 9.96. The summed E-state index contributed by atoms with van der Waals surface area (Å²) in [7, 11) is 0. The molecule has 0 saturated heterocycles. The van der Waals surface area contributed by atoms with E-state index in [4.69, 9.17) is 11.5 Å². The first-order valence-corrected chi connectivity index (χ1v) is 14.8. The minimum atomic E-state index is -0.0580. The highest BCUT2D eigenvalue weighted by Gasteiger charge is 2.26. The average molecular weight is 865 g/mol. The number of benzene rings is 1. The number of carbonyl (C=O) groups is 2. The molecule has 1 amide bonds. The maximum Gasteiger partial charge on any atom is 0.253 e. The Balaban J connectivity index is 2.78. The summed E-state index contributed by atoms with van der Waals surface area (Å²) in [5.74, 6) is 0.114. The van der Waals surface area contributed by atoms with Crippen molar-refractivity contribution in [3.63, 3.8) is 0 Å². The fourth-order valence-electron chi connectivity index (χ4n) is 3.07. The summed E-state index contributed by atoms with van der Waals surface area (Å²) in [5.41, 5.74) is 12.5. The Morgan fingerprint density at radius 3 is 1.60 bits per heavy atom. The Bertz CT molecular complexity index is 626. The second-order valence-corrected chi connectivity index (χ2v) is 11.5. The van der Waals surface area contributed by atoms with Crippen LogP contribution in [-0.4, -0.2) is 31.3 Å². The molecule has 0 radical (unpaired) electrons. The Hall–Kier alpha value is 1.20. The molecule has 1 aromatic rings. The van der Waals surface area contributed by atoms with Crippen molar-refractivity contribution >= 4 is 102 Å². The molecular formula is C21H31I4N3O2. The van der Waals surface area contributed by atoms with Gasteiger partial charge in [0.2, 0.25) is 0 Å². The lowest BCUT2D eigenvalue weighted by molar-refractivity contribution is 0.0945. The van der Waals surface area contributed by atoms with Crippen molar-refractivity contribution in [2.75, 3.05) is 19.6 Å². The summed E-state index contributed by atoms with van der Waals surface area (Å²) in [6.45, 7) is 2.12. The number of carbonyl (C=O) groups excluding carboxylic acids is 2. The minimum Gasteiger partial charge on any atom is -0.352 e. The van der Waals surface area contributed by atoms with E-state index in [2.05, 4.69) is 95.7 Å². The number of amides is 1. The molecule has 0 bridgehead atoms. The van der Waals surface area contributed by atoms with Crippen molar-refractivity contribution in [1.29, 1.82) is 0 Å². The highest BCUT2D eigenvalue weighted by Crippen LogP contribution is 2.34. The second kappa shape index (κ2) is 16.8. The molecule has 0 heterocycles. The molecule has 5 nitrogen and oxygen atoms in total. The van der Waals surface area contributed by atoms with Gasteiger partial charge >= 0.3 is 0 Å². The molecule has 30 heavy (non-hydrogen) atoms. The van der Waals surface area contributed by atoms with E-state index < -0.39 is 0 Å². The van der Waals surface area contributed by atoms with Crippen LogP contribution in [0, 0.1) is 14.3 Å². The molecule has 5 N–H and O–H groups in total. The van der Waals surface area contributed by atoms with Crippen molar-refractivity contribution in [2.45, 2.75) is 64.2 Å². The van der Waals surface area contributed by atoms with Crippen LogP contribution in [0.15, 0.2) is 0 Å². The lowest BCUT2D eigenvalue weighted by Crippen LogP contribution is -2.27. The molecule has 1 rings (SSSR count). The van der Waals surface area contributed by atoms with Crippen LogP contribution in [0.3, 0.4) is 0 Å². The van der Waals surface area contributed by atoms with Gasteiger partial charge < -0.3 is 16.8 Å². The number of unbranched alkanes of at least 4 members (excludes halogenated alkanes) is 7. The first-order chi connectivity index (χ1) is 14.4. The molecular weight excluding hydrogens is 834 g/mol. The molecule has 0 fully saturated rings. The third-order valence-corrected chi connectivity index (χ3v) is 11.2. The van der Waals surface area contributed by atoms with E-state index >= 15 is 0 Å². The Morgan fingerprint density at radius 1 is 0.633 bits per heavy atom. The predicted octanol–water partition coefficient (Wildman–Crippen LogP) is 5.84. The van der Waals surface area contributed by atoms with Gasteiger partial charge in [-0.25, -0.2) is 0 Å². The summed E-state index contributed by atoms with van der Waals surface area (Å²) in [6, 6.07) is 0. The van der Waals surface area contributed by atoms with E-state index in [1.807, 2.05) is 0 Å². The van der Waals surface area contributed by atoms with Crippen LogP contribution in [-0.2, 0) is 0 Å². The monoisotopic (exact) mass is 865 g/mol. The summed E-state index contributed by atoms with van der Waals surface area (Å²) >= 11 is 8.85. The molecule has 0 aromatic heterocycles. The molecule has 0 aliphatic carbocycles. The van der Waals surface area contributed by atoms with E-state index in [9.17, 15) is 9.59 Å². The van der Waals surface area contributed by atoms with Crippen molar-refractivity contribution in [1.82, 2.24) is 5.32 Å². The van der Waals surface area contributed by atoms with Crippen molar-refractivity contribution < 1.29 is 9.59 Å². The summed E-state index contributed by atoms with van der Waals surface area (Å²) in [5, 5.41) is 3.04. The minimum absolute atomic E-state index is 0.0580. The number of halogens is 4. The lowest BCUT2D eigenvalue weighted by atomic mass is 10.0. The zero-order valence-electron chi connectivity index (χ0n) is 17.2. The molecule has 0 aliphatic heterocycles. The quantitative estimate of drug-likeness (QED) is 0.0895. The number of nitrogens with two attached hydrogens (primary N) is 2. The van der Waals surface area contributed by atoms with E-state index in [1.54, 1.807) is 0 Å². The van der Waals surface area contributed by atoms with Crippen LogP contribution in [0.25, 0.3) is 0 Å². The van der Waals surface area contributed by atoms with Crippen LogP contribution in [0.1, 0.15) is 84.9 Å². The lowest BCUT2D eigenvalue weighted by Gasteiger charge is -2.16. The van der Waals surface area contributed by atoms with E-state index in [-0.39, 0.29) is 11.7 Å². The number of nitrogens with one attached hydrogen (secondary N) is 1. The van der Waals surface area contributed by atoms with E-state index in [0.717, 1.165) is 90.7 Å². The van der Waals surface area contributed by atoms with Crippen LogP contribution in [0.4, 0.5) is 0 Å². The van der Waals surface area contributed by atoms with E-state index in [0.29, 0.717) is 18.5 Å². The standard InChI is InChI=1S/C21H31I4N3O2/c22-17-15(14(29)10-6-2-1-3-7-11-26)18(23)20(25)16(19(17)24)21(30)28-13-9-5-4-8-12-27/h1-13,26-27H2,(H,28,30). The normalized spacial score (nSPS) is 11.0. The Kier molecular flexibility index (Phi) is 16.3. The van der Waals surface area contributed by atoms with Gasteiger partial charge in [0, 0.05) is 32.8 Å². The molecule has 9 heteroatoms. The van der Waals surface area contributed by atoms with Gasteiger partial charge in [0.15, 0.2) is 5.78 Å². The van der Waals surface area contributed by atoms with Crippen LogP contribution < -0.4 is 16.8 Å². The highest BCUT2D eigenvalue weighted by molar-refractivity contribution is 14.1. The molecule has 1 aromatic carbocycles. The van der Waals surface area contributed by atoms with Crippen LogP contribution in [0.2, 0.25) is 0 Å². The third-order valence-electron chi connectivity index (χ3n) is 4.79. The van der Waals surface area contributed by atoms with Gasteiger partial charge in [0.1, 0.15) is 0 Å². The fourth-order valence-corrected chi connectivity index (χ4v) is 7.36. The summed E-state index contributed by atoms with van der Waals surface area (Å²) < 4.78 is 3.51. The SMILES string of the molecule is NCCCCCCCC(=O)c1c(I)c(I)c(C(=O)NCCCCCCN)c(I)c1I. The maximum absolute atomic E-state index is 12.9. The van der Waals surface area contributed by atoms with Gasteiger partial charge in [0.05, 0.1) is 5.56 Å². The smallest absolute Gasteiger partial charge is 0.253 e. The second-order valence-electron chi connectivity index (χ2n) is 7.19. The fraction of sp³-hybridized carbons (Fsp3) is 0.619. The first kappa shape index (κ1) is 29.2. The number of ketones is 1. The highest BCUT2D eigenvalue weighted by atomic mass is 127. The van der Waals surface area contributed by atoms with Crippen molar-refractivity contribution in [3.05, 3.63) is 25.4 Å². The van der Waals surface area contributed by atoms with Crippen LogP contribution in [0.5, 0.6) is 0 Å². The Labute approximate surface area is 235 Å². The maximum atomic E-state index is 12.9. The average Bonchev–Trinajstić information content (AvgIpc) is 2.72. The van der Waals surface area contributed by atoms with Gasteiger partial charge in [-0.2, -0.15) is 0 Å². The topological polar surface area (TPSA) is 98.2 Å². The molecule has 170 valence electrons. The van der Waals surface area contributed by atoms with E-state index in [1.165, 1.54) is 0 Å². The molecule has 0 unspecified atom stereocenters. The third kappa shape index (κ3) is 9.59. The zero-order valence-corrected chi connectivity index (χ0v) is 25.8. The first-order valence-electron chi connectivity index (χ1n) is 10.4. The van der Waals surface area contributed by atoms with Crippen molar-refractivity contribution in [2.24, 2.45) is 11.5 Å². The molecule has 0 spiro atoms. The Morgan fingerprint density at radius 2 is 1.07 bits per heavy atom.